The number of benzene rings is 1. The molecule has 14 heavy (non-hydrogen) atoms. The van der Waals surface area contributed by atoms with E-state index >= 15 is 0 Å². The van der Waals surface area contributed by atoms with Gasteiger partial charge in [-0.2, -0.15) is 5.26 Å². The first kappa shape index (κ1) is 10.2. The number of halogens is 1. The molecule has 0 fully saturated rings. The van der Waals surface area contributed by atoms with Crippen LogP contribution in [0.25, 0.3) is 0 Å². The Bertz CT molecular complexity index is 391. The Morgan fingerprint density at radius 2 is 2.21 bits per heavy atom. The van der Waals surface area contributed by atoms with Crippen molar-refractivity contribution in [1.29, 1.82) is 5.26 Å². The van der Waals surface area contributed by atoms with Crippen LogP contribution in [0.1, 0.15) is 5.56 Å². The second-order valence-corrected chi connectivity index (χ2v) is 2.95. The molecule has 0 amide bonds. The highest BCUT2D eigenvalue weighted by molar-refractivity contribution is 5.64. The zero-order valence-corrected chi connectivity index (χ0v) is 8.03. The fourth-order valence-corrected chi connectivity index (χ4v) is 0.909. The number of nitrogens with zero attached hydrogens (tertiary/aromatic N) is 3. The Morgan fingerprint density at radius 3 is 2.79 bits per heavy atom. The van der Waals surface area contributed by atoms with Gasteiger partial charge in [-0.15, -0.1) is 0 Å². The van der Waals surface area contributed by atoms with Crippen LogP contribution < -0.4 is 0 Å². The maximum absolute atomic E-state index is 13.1. The summed E-state index contributed by atoms with van der Waals surface area (Å²) in [5.41, 5.74) is 0.326. The highest BCUT2D eigenvalue weighted by Crippen LogP contribution is 2.20. The first-order valence-corrected chi connectivity index (χ1v) is 4.04. The third-order valence-electron chi connectivity index (χ3n) is 1.53. The average Bonchev–Trinajstić information content (AvgIpc) is 2.14. The van der Waals surface area contributed by atoms with Gasteiger partial charge in [0.05, 0.1) is 12.0 Å². The summed E-state index contributed by atoms with van der Waals surface area (Å²) in [4.78, 5) is 5.69. The van der Waals surface area contributed by atoms with E-state index in [2.05, 4.69) is 4.99 Å². The third kappa shape index (κ3) is 2.30. The van der Waals surface area contributed by atoms with Gasteiger partial charge in [0.25, 0.3) is 0 Å². The molecule has 0 saturated carbocycles. The fraction of sp³-hybridized carbons (Fsp3) is 0.200. The van der Waals surface area contributed by atoms with Crippen molar-refractivity contribution in [1.82, 2.24) is 4.90 Å². The molecule has 0 aliphatic carbocycles. The maximum atomic E-state index is 13.1. The molecule has 0 aromatic heterocycles. The predicted octanol–water partition coefficient (Wildman–Crippen LogP) is 1.92. The second kappa shape index (κ2) is 4.38. The van der Waals surface area contributed by atoms with Crippen LogP contribution in [-0.2, 0) is 0 Å². The van der Waals surface area contributed by atoms with E-state index in [1.165, 1.54) is 18.5 Å². The molecule has 0 heterocycles. The average molecular weight is 191 g/mol. The molecule has 0 N–H and O–H groups in total. The van der Waals surface area contributed by atoms with Gasteiger partial charge < -0.3 is 4.90 Å². The highest BCUT2D eigenvalue weighted by Gasteiger charge is 2.05. The van der Waals surface area contributed by atoms with E-state index in [0.717, 1.165) is 0 Å². The summed E-state index contributed by atoms with van der Waals surface area (Å²) in [6, 6.07) is 6.15. The number of rotatable bonds is 2. The Morgan fingerprint density at radius 1 is 1.50 bits per heavy atom. The molecular formula is C10H10FN3. The molecule has 0 bridgehead atoms. The fourth-order valence-electron chi connectivity index (χ4n) is 0.909. The molecule has 0 spiro atoms. The summed E-state index contributed by atoms with van der Waals surface area (Å²) in [6.07, 6.45) is 1.52. The molecule has 72 valence electrons. The van der Waals surface area contributed by atoms with Crippen LogP contribution in [0.2, 0.25) is 0 Å². The SMILES string of the molecule is CN(C)/C=N/c1cccc(F)c1C#N. The molecule has 1 aromatic rings. The van der Waals surface area contributed by atoms with Gasteiger partial charge in [0.1, 0.15) is 17.4 Å². The summed E-state index contributed by atoms with van der Waals surface area (Å²) >= 11 is 0. The second-order valence-electron chi connectivity index (χ2n) is 2.95. The van der Waals surface area contributed by atoms with Crippen molar-refractivity contribution >= 4 is 12.0 Å². The Kier molecular flexibility index (Phi) is 3.19. The topological polar surface area (TPSA) is 39.4 Å². The van der Waals surface area contributed by atoms with Crippen molar-refractivity contribution in [2.24, 2.45) is 4.99 Å². The van der Waals surface area contributed by atoms with Gasteiger partial charge in [-0.25, -0.2) is 9.38 Å². The summed E-state index contributed by atoms with van der Waals surface area (Å²) in [5.74, 6) is -0.541. The number of nitriles is 1. The van der Waals surface area contributed by atoms with E-state index in [1.54, 1.807) is 31.1 Å². The van der Waals surface area contributed by atoms with Crippen LogP contribution >= 0.6 is 0 Å². The van der Waals surface area contributed by atoms with E-state index in [4.69, 9.17) is 5.26 Å². The molecule has 0 unspecified atom stereocenters. The number of aliphatic imine (C=N–C) groups is 1. The Hall–Kier alpha value is -1.89. The standard InChI is InChI=1S/C10H10FN3/c1-14(2)7-13-10-5-3-4-9(11)8(10)6-12/h3-5,7H,1-2H3/b13-7+. The van der Waals surface area contributed by atoms with Gasteiger partial charge in [0.15, 0.2) is 0 Å². The summed E-state index contributed by atoms with van der Waals surface area (Å²) in [7, 11) is 3.60. The smallest absolute Gasteiger partial charge is 0.143 e. The van der Waals surface area contributed by atoms with E-state index < -0.39 is 5.82 Å². The lowest BCUT2D eigenvalue weighted by molar-refractivity contribution is 0.623. The number of hydrogen-bond acceptors (Lipinski definition) is 2. The Labute approximate surface area is 82.1 Å². The molecule has 0 radical (unpaired) electrons. The van der Waals surface area contributed by atoms with Crippen molar-refractivity contribution in [3.05, 3.63) is 29.6 Å². The molecule has 0 atom stereocenters. The normalized spacial score (nSPS) is 10.1. The van der Waals surface area contributed by atoms with Crippen LogP contribution in [0.15, 0.2) is 23.2 Å². The zero-order chi connectivity index (χ0) is 10.6. The van der Waals surface area contributed by atoms with Crippen molar-refractivity contribution < 1.29 is 4.39 Å². The van der Waals surface area contributed by atoms with Crippen LogP contribution in [0.5, 0.6) is 0 Å². The molecular weight excluding hydrogens is 181 g/mol. The number of hydrogen-bond donors (Lipinski definition) is 0. The molecule has 0 aliphatic heterocycles. The van der Waals surface area contributed by atoms with Crippen molar-refractivity contribution in [3.8, 4) is 6.07 Å². The van der Waals surface area contributed by atoms with Crippen molar-refractivity contribution in [2.75, 3.05) is 14.1 Å². The monoisotopic (exact) mass is 191 g/mol. The van der Waals surface area contributed by atoms with Crippen LogP contribution in [-0.4, -0.2) is 25.3 Å². The molecule has 1 aromatic carbocycles. The summed E-state index contributed by atoms with van der Waals surface area (Å²) < 4.78 is 13.1. The lowest BCUT2D eigenvalue weighted by Crippen LogP contribution is -2.07. The lowest BCUT2D eigenvalue weighted by Gasteiger charge is -2.03. The largest absolute Gasteiger partial charge is 0.369 e. The van der Waals surface area contributed by atoms with Gasteiger partial charge in [-0.1, -0.05) is 6.07 Å². The van der Waals surface area contributed by atoms with Crippen LogP contribution in [0, 0.1) is 17.1 Å². The quantitative estimate of drug-likeness (QED) is 0.529. The minimum absolute atomic E-state index is 0.0226. The van der Waals surface area contributed by atoms with Gasteiger partial charge in [0.2, 0.25) is 0 Å². The van der Waals surface area contributed by atoms with Crippen LogP contribution in [0.3, 0.4) is 0 Å². The molecule has 4 heteroatoms. The zero-order valence-electron chi connectivity index (χ0n) is 8.03. The van der Waals surface area contributed by atoms with Gasteiger partial charge in [0, 0.05) is 14.1 Å². The first-order valence-electron chi connectivity index (χ1n) is 4.04. The maximum Gasteiger partial charge on any atom is 0.143 e. The molecule has 0 saturated heterocycles. The van der Waals surface area contributed by atoms with E-state index in [-0.39, 0.29) is 5.56 Å². The van der Waals surface area contributed by atoms with E-state index in [9.17, 15) is 4.39 Å². The molecule has 1 rings (SSSR count). The van der Waals surface area contributed by atoms with Gasteiger partial charge in [-0.05, 0) is 12.1 Å². The first-order chi connectivity index (χ1) is 6.65. The highest BCUT2D eigenvalue weighted by atomic mass is 19.1. The summed E-state index contributed by atoms with van der Waals surface area (Å²) in [5, 5.41) is 8.69. The van der Waals surface area contributed by atoms with Crippen molar-refractivity contribution in [2.45, 2.75) is 0 Å². The lowest BCUT2D eigenvalue weighted by atomic mass is 10.2. The molecule has 0 aliphatic rings. The summed E-state index contributed by atoms with van der Waals surface area (Å²) in [6.45, 7) is 0. The third-order valence-corrected chi connectivity index (χ3v) is 1.53. The van der Waals surface area contributed by atoms with E-state index in [0.29, 0.717) is 5.69 Å². The minimum atomic E-state index is -0.541. The Balaban J connectivity index is 3.10. The van der Waals surface area contributed by atoms with Crippen LogP contribution in [0.4, 0.5) is 10.1 Å². The minimum Gasteiger partial charge on any atom is -0.369 e. The van der Waals surface area contributed by atoms with E-state index in [1.807, 2.05) is 0 Å². The molecule has 3 nitrogen and oxygen atoms in total. The van der Waals surface area contributed by atoms with Crippen molar-refractivity contribution in [3.63, 3.8) is 0 Å². The van der Waals surface area contributed by atoms with Gasteiger partial charge >= 0.3 is 0 Å². The predicted molar refractivity (Wildman–Crippen MR) is 53.0 cm³/mol. The van der Waals surface area contributed by atoms with Gasteiger partial charge in [-0.3, -0.25) is 0 Å².